The molecule has 3 nitrogen and oxygen atoms in total. The molecule has 0 aliphatic rings. The first kappa shape index (κ1) is 16.1. The molecule has 0 unspecified atom stereocenters. The molecule has 2 aromatic carbocycles. The molecule has 0 amide bonds. The monoisotopic (exact) mass is 319 g/mol. The fraction of sp³-hybridized carbons (Fsp3) is 0.190. The second-order valence-electron chi connectivity index (χ2n) is 6.02. The molecule has 1 aromatic heterocycles. The van der Waals surface area contributed by atoms with E-state index >= 15 is 0 Å². The number of aryl methyl sites for hydroxylation is 1. The minimum absolute atomic E-state index is 0.231. The number of aromatic amines is 1. The van der Waals surface area contributed by atoms with Gasteiger partial charge >= 0.3 is 0 Å². The average Bonchev–Trinajstić information content (AvgIpc) is 3.12. The van der Waals surface area contributed by atoms with E-state index in [0.717, 1.165) is 24.1 Å². The Bertz CT molecular complexity index is 772. The maximum atomic E-state index is 12.0. The van der Waals surface area contributed by atoms with Crippen molar-refractivity contribution < 1.29 is 9.90 Å². The van der Waals surface area contributed by atoms with Crippen LogP contribution < -0.4 is 0 Å². The third-order valence-corrected chi connectivity index (χ3v) is 4.12. The molecule has 122 valence electrons. The molecule has 0 bridgehead atoms. The number of rotatable bonds is 7. The Balaban J connectivity index is 1.46. The third-order valence-electron chi connectivity index (χ3n) is 4.12. The summed E-state index contributed by atoms with van der Waals surface area (Å²) in [5, 5.41) is 9.25. The summed E-state index contributed by atoms with van der Waals surface area (Å²) >= 11 is 0. The van der Waals surface area contributed by atoms with Gasteiger partial charge in [-0.1, -0.05) is 36.4 Å². The van der Waals surface area contributed by atoms with Crippen molar-refractivity contribution in [3.63, 3.8) is 0 Å². The van der Waals surface area contributed by atoms with Gasteiger partial charge < -0.3 is 10.1 Å². The van der Waals surface area contributed by atoms with E-state index < -0.39 is 0 Å². The molecule has 24 heavy (non-hydrogen) atoms. The number of hydrogen-bond acceptors (Lipinski definition) is 2. The molecule has 0 atom stereocenters. The Kier molecular flexibility index (Phi) is 5.12. The maximum Gasteiger partial charge on any atom is 0.137 e. The molecule has 0 saturated heterocycles. The highest BCUT2D eigenvalue weighted by Gasteiger charge is 2.05. The van der Waals surface area contributed by atoms with Gasteiger partial charge in [-0.25, -0.2) is 0 Å². The predicted molar refractivity (Wildman–Crippen MR) is 96.0 cm³/mol. The molecule has 1 heterocycles. The Hall–Kier alpha value is -2.81. The number of benzene rings is 2. The van der Waals surface area contributed by atoms with E-state index in [9.17, 15) is 9.90 Å². The van der Waals surface area contributed by atoms with Gasteiger partial charge in [-0.3, -0.25) is 4.79 Å². The lowest BCUT2D eigenvalue weighted by Crippen LogP contribution is -2.03. The standard InChI is InChI=1S/C21H21NO2/c23-19-12-8-17(9-13-19)15-20(24)4-1-3-16-6-10-18(11-7-16)21-5-2-14-22-21/h2,5-14,22-23H,1,3-4,15H2. The van der Waals surface area contributed by atoms with Crippen LogP contribution in [0.5, 0.6) is 5.75 Å². The summed E-state index contributed by atoms with van der Waals surface area (Å²) in [6.07, 6.45) is 4.71. The molecule has 0 saturated carbocycles. The fourth-order valence-electron chi connectivity index (χ4n) is 2.78. The summed E-state index contributed by atoms with van der Waals surface area (Å²) in [6.45, 7) is 0. The maximum absolute atomic E-state index is 12.0. The first-order valence-electron chi connectivity index (χ1n) is 8.23. The Morgan fingerprint density at radius 1 is 0.917 bits per heavy atom. The molecular formula is C21H21NO2. The highest BCUT2D eigenvalue weighted by molar-refractivity contribution is 5.80. The molecule has 0 fully saturated rings. The van der Waals surface area contributed by atoms with E-state index in [2.05, 4.69) is 35.3 Å². The average molecular weight is 319 g/mol. The van der Waals surface area contributed by atoms with Gasteiger partial charge in [-0.15, -0.1) is 0 Å². The lowest BCUT2D eigenvalue weighted by molar-refractivity contribution is -0.118. The summed E-state index contributed by atoms with van der Waals surface area (Å²) in [5.74, 6) is 0.470. The largest absolute Gasteiger partial charge is 0.508 e. The highest BCUT2D eigenvalue weighted by Crippen LogP contribution is 2.18. The van der Waals surface area contributed by atoms with Crippen LogP contribution in [0.25, 0.3) is 11.3 Å². The first-order valence-corrected chi connectivity index (χ1v) is 8.23. The fourth-order valence-corrected chi connectivity index (χ4v) is 2.78. The molecular weight excluding hydrogens is 298 g/mol. The van der Waals surface area contributed by atoms with Gasteiger partial charge in [-0.05, 0) is 53.8 Å². The van der Waals surface area contributed by atoms with Crippen molar-refractivity contribution >= 4 is 5.78 Å². The van der Waals surface area contributed by atoms with E-state index in [-0.39, 0.29) is 11.5 Å². The van der Waals surface area contributed by atoms with Crippen molar-refractivity contribution in [2.45, 2.75) is 25.7 Å². The number of carbonyl (C=O) groups excluding carboxylic acids is 1. The number of carbonyl (C=O) groups is 1. The zero-order valence-electron chi connectivity index (χ0n) is 13.5. The van der Waals surface area contributed by atoms with Crippen LogP contribution in [-0.4, -0.2) is 15.9 Å². The second kappa shape index (κ2) is 7.64. The first-order chi connectivity index (χ1) is 11.7. The summed E-state index contributed by atoms with van der Waals surface area (Å²) in [7, 11) is 0. The van der Waals surface area contributed by atoms with E-state index in [0.29, 0.717) is 12.8 Å². The molecule has 0 radical (unpaired) electrons. The number of phenolic OH excluding ortho intramolecular Hbond substituents is 1. The molecule has 0 aliphatic heterocycles. The number of hydrogen-bond donors (Lipinski definition) is 2. The van der Waals surface area contributed by atoms with Crippen molar-refractivity contribution in [1.82, 2.24) is 4.98 Å². The molecule has 3 rings (SSSR count). The van der Waals surface area contributed by atoms with Gasteiger partial charge in [0.25, 0.3) is 0 Å². The van der Waals surface area contributed by atoms with Gasteiger partial charge in [0, 0.05) is 24.7 Å². The van der Waals surface area contributed by atoms with Crippen molar-refractivity contribution in [2.24, 2.45) is 0 Å². The minimum atomic E-state index is 0.231. The molecule has 0 spiro atoms. The van der Waals surface area contributed by atoms with Crippen molar-refractivity contribution in [3.05, 3.63) is 78.0 Å². The van der Waals surface area contributed by atoms with Crippen LogP contribution in [0.1, 0.15) is 24.0 Å². The molecule has 3 aromatic rings. The van der Waals surface area contributed by atoms with Gasteiger partial charge in [0.15, 0.2) is 0 Å². The molecule has 0 aliphatic carbocycles. The smallest absolute Gasteiger partial charge is 0.137 e. The number of H-pyrrole nitrogens is 1. The zero-order valence-corrected chi connectivity index (χ0v) is 13.5. The van der Waals surface area contributed by atoms with Crippen LogP contribution in [-0.2, 0) is 17.6 Å². The summed E-state index contributed by atoms with van der Waals surface area (Å²) in [4.78, 5) is 15.2. The van der Waals surface area contributed by atoms with Crippen LogP contribution in [0.3, 0.4) is 0 Å². The van der Waals surface area contributed by atoms with Crippen LogP contribution >= 0.6 is 0 Å². The Morgan fingerprint density at radius 2 is 1.62 bits per heavy atom. The third kappa shape index (κ3) is 4.35. The van der Waals surface area contributed by atoms with Gasteiger partial charge in [0.2, 0.25) is 0 Å². The lowest BCUT2D eigenvalue weighted by atomic mass is 10.0. The van der Waals surface area contributed by atoms with E-state index in [4.69, 9.17) is 0 Å². The van der Waals surface area contributed by atoms with E-state index in [1.54, 1.807) is 24.3 Å². The molecule has 3 heteroatoms. The molecule has 2 N–H and O–H groups in total. The van der Waals surface area contributed by atoms with Gasteiger partial charge in [-0.2, -0.15) is 0 Å². The highest BCUT2D eigenvalue weighted by atomic mass is 16.3. The van der Waals surface area contributed by atoms with E-state index in [1.165, 1.54) is 11.1 Å². The summed E-state index contributed by atoms with van der Waals surface area (Å²) < 4.78 is 0. The van der Waals surface area contributed by atoms with Gasteiger partial charge in [0.1, 0.15) is 11.5 Å². The van der Waals surface area contributed by atoms with Crippen LogP contribution in [0.2, 0.25) is 0 Å². The summed E-state index contributed by atoms with van der Waals surface area (Å²) in [6, 6.07) is 19.3. The normalized spacial score (nSPS) is 10.7. The second-order valence-corrected chi connectivity index (χ2v) is 6.02. The van der Waals surface area contributed by atoms with Crippen LogP contribution in [0.15, 0.2) is 66.9 Å². The number of aromatic nitrogens is 1. The van der Waals surface area contributed by atoms with Crippen molar-refractivity contribution in [3.8, 4) is 17.0 Å². The zero-order chi connectivity index (χ0) is 16.8. The lowest BCUT2D eigenvalue weighted by Gasteiger charge is -2.04. The topological polar surface area (TPSA) is 53.1 Å². The SMILES string of the molecule is O=C(CCCc1ccc(-c2ccc[nH]2)cc1)Cc1ccc(O)cc1. The minimum Gasteiger partial charge on any atom is -0.508 e. The Morgan fingerprint density at radius 3 is 2.29 bits per heavy atom. The number of aromatic hydroxyl groups is 1. The van der Waals surface area contributed by atoms with Crippen molar-refractivity contribution in [2.75, 3.05) is 0 Å². The number of nitrogens with one attached hydrogen (secondary N) is 1. The predicted octanol–water partition coefficient (Wildman–Crippen LogP) is 4.52. The number of Topliss-reactive ketones (excluding diaryl/α,β-unsaturated/α-hetero) is 1. The summed E-state index contributed by atoms with van der Waals surface area (Å²) in [5.41, 5.74) is 4.49. The van der Waals surface area contributed by atoms with Crippen molar-refractivity contribution in [1.29, 1.82) is 0 Å². The quantitative estimate of drug-likeness (QED) is 0.672. The van der Waals surface area contributed by atoms with E-state index in [1.807, 2.05) is 12.3 Å². The number of ketones is 1. The Labute approximate surface area is 142 Å². The van der Waals surface area contributed by atoms with Crippen LogP contribution in [0.4, 0.5) is 0 Å². The number of phenols is 1. The van der Waals surface area contributed by atoms with Gasteiger partial charge in [0.05, 0.1) is 0 Å². The van der Waals surface area contributed by atoms with Crippen LogP contribution in [0, 0.1) is 0 Å².